The predicted molar refractivity (Wildman–Crippen MR) is 125 cm³/mol. The molecule has 4 aromatic rings. The van der Waals surface area contributed by atoms with E-state index in [-0.39, 0.29) is 5.82 Å². The van der Waals surface area contributed by atoms with Gasteiger partial charge in [-0.15, -0.1) is 0 Å². The Labute approximate surface area is 186 Å². The Morgan fingerprint density at radius 2 is 1.75 bits per heavy atom. The maximum absolute atomic E-state index is 13.7. The molecule has 0 aliphatic carbocycles. The van der Waals surface area contributed by atoms with Crippen molar-refractivity contribution in [1.82, 2.24) is 14.9 Å². The highest BCUT2D eigenvalue weighted by atomic mass is 19.1. The van der Waals surface area contributed by atoms with E-state index in [0.29, 0.717) is 11.5 Å². The molecular formula is C26H28FN3O2. The largest absolute Gasteiger partial charge is 0.478 e. The first-order valence-electron chi connectivity index (χ1n) is 11.4. The highest BCUT2D eigenvalue weighted by Gasteiger charge is 2.22. The third-order valence-corrected chi connectivity index (χ3v) is 6.89. The number of aromatic nitrogens is 2. The molecule has 0 radical (unpaired) electrons. The van der Waals surface area contributed by atoms with E-state index in [1.54, 1.807) is 18.2 Å². The molecule has 0 atom stereocenters. The third-order valence-electron chi connectivity index (χ3n) is 6.89. The zero-order valence-corrected chi connectivity index (χ0v) is 18.0. The second-order valence-corrected chi connectivity index (χ2v) is 8.89. The molecule has 5 nitrogen and oxygen atoms in total. The Morgan fingerprint density at radius 1 is 1.00 bits per heavy atom. The summed E-state index contributed by atoms with van der Waals surface area (Å²) in [4.78, 5) is 20.3. The summed E-state index contributed by atoms with van der Waals surface area (Å²) in [7, 11) is 0. The summed E-state index contributed by atoms with van der Waals surface area (Å²) in [6, 6.07) is 10.2. The van der Waals surface area contributed by atoms with Gasteiger partial charge in [-0.1, -0.05) is 0 Å². The number of halogens is 1. The van der Waals surface area contributed by atoms with Crippen LogP contribution in [-0.2, 0) is 6.42 Å². The Morgan fingerprint density at radius 3 is 2.56 bits per heavy atom. The number of piperidine rings is 1. The van der Waals surface area contributed by atoms with E-state index in [1.807, 2.05) is 18.3 Å². The average Bonchev–Trinajstić information content (AvgIpc) is 3.40. The van der Waals surface area contributed by atoms with E-state index >= 15 is 0 Å². The molecular weight excluding hydrogens is 405 g/mol. The second-order valence-electron chi connectivity index (χ2n) is 8.89. The van der Waals surface area contributed by atoms with Gasteiger partial charge in [-0.2, -0.15) is 0 Å². The Kier molecular flexibility index (Phi) is 5.70. The summed E-state index contributed by atoms with van der Waals surface area (Å²) in [5.74, 6) is -0.582. The fourth-order valence-electron chi connectivity index (χ4n) is 5.09. The number of hydrogen-bond acceptors (Lipinski definition) is 2. The standard InChI is InChI=1S/C26H28FN3O2/c27-20-5-7-25-22(14-20)23(16-29-25)17-8-11-30(12-9-17)10-2-1-3-19-15-28-24-6-4-18(26(31)32)13-21(19)24/h4-7,13-17,28-29H,1-3,8-12H2,(H,31,32). The van der Waals surface area contributed by atoms with Crippen molar-refractivity contribution < 1.29 is 14.3 Å². The minimum absolute atomic E-state index is 0.176. The van der Waals surface area contributed by atoms with Crippen LogP contribution >= 0.6 is 0 Å². The molecule has 3 heterocycles. The van der Waals surface area contributed by atoms with Crippen LogP contribution in [0.4, 0.5) is 4.39 Å². The molecule has 3 N–H and O–H groups in total. The van der Waals surface area contributed by atoms with Gasteiger partial charge >= 0.3 is 5.97 Å². The first kappa shape index (κ1) is 20.8. The third kappa shape index (κ3) is 4.15. The van der Waals surface area contributed by atoms with Gasteiger partial charge in [0.1, 0.15) is 5.82 Å². The normalized spacial score (nSPS) is 15.7. The molecule has 1 saturated heterocycles. The van der Waals surface area contributed by atoms with Gasteiger partial charge in [0.05, 0.1) is 5.56 Å². The average molecular weight is 434 g/mol. The number of aromatic carboxylic acids is 1. The van der Waals surface area contributed by atoms with Gasteiger partial charge in [0.2, 0.25) is 0 Å². The Balaban J connectivity index is 1.12. The molecule has 5 rings (SSSR count). The quantitative estimate of drug-likeness (QED) is 0.328. The van der Waals surface area contributed by atoms with E-state index in [9.17, 15) is 14.3 Å². The number of nitrogens with one attached hydrogen (secondary N) is 2. The second kappa shape index (κ2) is 8.79. The molecule has 0 amide bonds. The molecule has 32 heavy (non-hydrogen) atoms. The van der Waals surface area contributed by atoms with Gasteiger partial charge in [-0.3, -0.25) is 0 Å². The fraction of sp³-hybridized carbons (Fsp3) is 0.346. The number of likely N-dealkylation sites (tertiary alicyclic amines) is 1. The number of nitrogens with zero attached hydrogens (tertiary/aromatic N) is 1. The van der Waals surface area contributed by atoms with Crippen molar-refractivity contribution in [2.45, 2.75) is 38.0 Å². The van der Waals surface area contributed by atoms with Crippen LogP contribution in [0.3, 0.4) is 0 Å². The zero-order valence-electron chi connectivity index (χ0n) is 18.0. The van der Waals surface area contributed by atoms with E-state index in [4.69, 9.17) is 0 Å². The lowest BCUT2D eigenvalue weighted by Crippen LogP contribution is -2.33. The van der Waals surface area contributed by atoms with Gasteiger partial charge in [-0.25, -0.2) is 9.18 Å². The van der Waals surface area contributed by atoms with Gasteiger partial charge in [0.25, 0.3) is 0 Å². The van der Waals surface area contributed by atoms with Crippen molar-refractivity contribution in [2.24, 2.45) is 0 Å². The van der Waals surface area contributed by atoms with Crippen molar-refractivity contribution in [1.29, 1.82) is 0 Å². The minimum Gasteiger partial charge on any atom is -0.478 e. The van der Waals surface area contributed by atoms with Crippen LogP contribution in [0.2, 0.25) is 0 Å². The van der Waals surface area contributed by atoms with Crippen molar-refractivity contribution in [3.05, 3.63) is 71.3 Å². The van der Waals surface area contributed by atoms with Crippen LogP contribution in [0.25, 0.3) is 21.8 Å². The molecule has 6 heteroatoms. The van der Waals surface area contributed by atoms with Gasteiger partial charge in [0.15, 0.2) is 0 Å². The SMILES string of the molecule is O=C(O)c1ccc2[nH]cc(CCCCN3CCC(c4c[nH]c5ccc(F)cc45)CC3)c2c1. The maximum atomic E-state index is 13.7. The lowest BCUT2D eigenvalue weighted by Gasteiger charge is -2.32. The number of aryl methyl sites for hydroxylation is 1. The Hall–Kier alpha value is -3.12. The van der Waals surface area contributed by atoms with Crippen LogP contribution < -0.4 is 0 Å². The van der Waals surface area contributed by atoms with Crippen molar-refractivity contribution >= 4 is 27.8 Å². The van der Waals surface area contributed by atoms with Crippen LogP contribution in [0, 0.1) is 5.82 Å². The van der Waals surface area contributed by atoms with Crippen LogP contribution in [-0.4, -0.2) is 45.6 Å². The predicted octanol–water partition coefficient (Wildman–Crippen LogP) is 5.69. The van der Waals surface area contributed by atoms with Gasteiger partial charge in [0, 0.05) is 34.2 Å². The fourth-order valence-corrected chi connectivity index (χ4v) is 5.09. The topological polar surface area (TPSA) is 72.1 Å². The molecule has 2 aromatic carbocycles. The van der Waals surface area contributed by atoms with Crippen molar-refractivity contribution in [3.8, 4) is 0 Å². The number of rotatable bonds is 7. The number of carboxylic acids is 1. The minimum atomic E-state index is -0.889. The van der Waals surface area contributed by atoms with Gasteiger partial charge < -0.3 is 20.0 Å². The summed E-state index contributed by atoms with van der Waals surface area (Å²) >= 11 is 0. The van der Waals surface area contributed by atoms with E-state index < -0.39 is 5.97 Å². The summed E-state index contributed by atoms with van der Waals surface area (Å²) in [6.07, 6.45) is 9.40. The highest BCUT2D eigenvalue weighted by Crippen LogP contribution is 2.33. The summed E-state index contributed by atoms with van der Waals surface area (Å²) in [5, 5.41) is 11.3. The van der Waals surface area contributed by atoms with E-state index in [2.05, 4.69) is 21.1 Å². The number of carboxylic acid groups (broad SMARTS) is 1. The molecule has 166 valence electrons. The lowest BCUT2D eigenvalue weighted by atomic mass is 9.89. The highest BCUT2D eigenvalue weighted by molar-refractivity contribution is 5.94. The molecule has 2 aromatic heterocycles. The van der Waals surface area contributed by atoms with Crippen LogP contribution in [0.5, 0.6) is 0 Å². The molecule has 0 unspecified atom stereocenters. The monoisotopic (exact) mass is 433 g/mol. The van der Waals surface area contributed by atoms with Crippen molar-refractivity contribution in [3.63, 3.8) is 0 Å². The number of H-pyrrole nitrogens is 2. The molecule has 0 saturated carbocycles. The van der Waals surface area contributed by atoms with E-state index in [1.165, 1.54) is 17.2 Å². The number of aromatic amines is 2. The smallest absolute Gasteiger partial charge is 0.335 e. The van der Waals surface area contributed by atoms with Crippen molar-refractivity contribution in [2.75, 3.05) is 19.6 Å². The van der Waals surface area contributed by atoms with Crippen LogP contribution in [0.1, 0.15) is 53.1 Å². The van der Waals surface area contributed by atoms with E-state index in [0.717, 1.165) is 73.5 Å². The Bertz CT molecular complexity index is 1250. The molecule has 1 aliphatic rings. The number of hydrogen-bond donors (Lipinski definition) is 3. The lowest BCUT2D eigenvalue weighted by molar-refractivity contribution is 0.0697. The number of carbonyl (C=O) groups is 1. The molecule has 0 spiro atoms. The summed E-state index contributed by atoms with van der Waals surface area (Å²) in [6.45, 7) is 3.22. The number of fused-ring (bicyclic) bond motifs is 2. The first-order chi connectivity index (χ1) is 15.6. The molecule has 1 aliphatic heterocycles. The first-order valence-corrected chi connectivity index (χ1v) is 11.4. The summed E-state index contributed by atoms with van der Waals surface area (Å²) < 4.78 is 13.7. The number of benzene rings is 2. The van der Waals surface area contributed by atoms with Crippen LogP contribution in [0.15, 0.2) is 48.8 Å². The molecule has 0 bridgehead atoms. The zero-order chi connectivity index (χ0) is 22.1. The van der Waals surface area contributed by atoms with Gasteiger partial charge in [-0.05, 0) is 105 Å². The number of unbranched alkanes of at least 4 members (excludes halogenated alkanes) is 1. The maximum Gasteiger partial charge on any atom is 0.335 e. The summed E-state index contributed by atoms with van der Waals surface area (Å²) in [5.41, 5.74) is 4.77. The molecule has 1 fully saturated rings.